The van der Waals surface area contributed by atoms with Crippen LogP contribution in [0.1, 0.15) is 41.6 Å². The van der Waals surface area contributed by atoms with E-state index in [0.29, 0.717) is 24.8 Å². The molecule has 0 radical (unpaired) electrons. The summed E-state index contributed by atoms with van der Waals surface area (Å²) in [5.41, 5.74) is 4.52. The Morgan fingerprint density at radius 3 is 2.29 bits per heavy atom. The normalized spacial score (nSPS) is 18.5. The van der Waals surface area contributed by atoms with Crippen molar-refractivity contribution >= 4 is 11.6 Å². The molecular formula is C23H25F4N3O. The number of likely N-dealkylation sites (tertiary alicyclic amines) is 1. The summed E-state index contributed by atoms with van der Waals surface area (Å²) in [7, 11) is 0. The topological polar surface area (TPSA) is 49.6 Å². The fraction of sp³-hybridized carbons (Fsp3) is 0.435. The maximum atomic E-state index is 14.6. The maximum absolute atomic E-state index is 14.6. The van der Waals surface area contributed by atoms with Gasteiger partial charge in [-0.05, 0) is 74.7 Å². The number of benzene rings is 2. The van der Waals surface area contributed by atoms with Gasteiger partial charge in [-0.1, -0.05) is 6.07 Å². The first-order valence-corrected chi connectivity index (χ1v) is 10.5. The summed E-state index contributed by atoms with van der Waals surface area (Å²) in [6.07, 6.45) is -0.462. The molecule has 2 aliphatic rings. The number of amides is 1. The van der Waals surface area contributed by atoms with Gasteiger partial charge in [-0.2, -0.15) is 13.2 Å². The third-order valence-electron chi connectivity index (χ3n) is 6.30. The van der Waals surface area contributed by atoms with E-state index in [1.807, 2.05) is 4.90 Å². The van der Waals surface area contributed by atoms with E-state index in [1.165, 1.54) is 31.0 Å². The lowest BCUT2D eigenvalue weighted by Crippen LogP contribution is -2.43. The van der Waals surface area contributed by atoms with Crippen molar-refractivity contribution in [3.05, 3.63) is 53.3 Å². The number of piperidine rings is 1. The van der Waals surface area contributed by atoms with Crippen LogP contribution in [-0.4, -0.2) is 43.0 Å². The molecule has 0 aromatic heterocycles. The van der Waals surface area contributed by atoms with Crippen LogP contribution in [-0.2, 0) is 6.18 Å². The lowest BCUT2D eigenvalue weighted by molar-refractivity contribution is -0.137. The molecule has 2 aromatic carbocycles. The van der Waals surface area contributed by atoms with Crippen LogP contribution >= 0.6 is 0 Å². The highest BCUT2D eigenvalue weighted by Crippen LogP contribution is 2.38. The Hall–Kier alpha value is -2.61. The van der Waals surface area contributed by atoms with Crippen molar-refractivity contribution in [1.82, 2.24) is 4.90 Å². The molecule has 0 aliphatic carbocycles. The number of alkyl halides is 3. The molecule has 31 heavy (non-hydrogen) atoms. The van der Waals surface area contributed by atoms with Crippen molar-refractivity contribution in [3.8, 4) is 11.1 Å². The van der Waals surface area contributed by atoms with Gasteiger partial charge in [-0.15, -0.1) is 0 Å². The zero-order valence-electron chi connectivity index (χ0n) is 17.1. The predicted octanol–water partition coefficient (Wildman–Crippen LogP) is 4.68. The van der Waals surface area contributed by atoms with Gasteiger partial charge in [0, 0.05) is 35.9 Å². The van der Waals surface area contributed by atoms with Crippen molar-refractivity contribution < 1.29 is 22.4 Å². The van der Waals surface area contributed by atoms with Gasteiger partial charge in [-0.3, -0.25) is 4.79 Å². The van der Waals surface area contributed by atoms with E-state index >= 15 is 0 Å². The molecule has 2 heterocycles. The van der Waals surface area contributed by atoms with Crippen LogP contribution in [0.3, 0.4) is 0 Å². The van der Waals surface area contributed by atoms with Crippen LogP contribution in [0.2, 0.25) is 0 Å². The van der Waals surface area contributed by atoms with Gasteiger partial charge < -0.3 is 15.5 Å². The maximum Gasteiger partial charge on any atom is 0.416 e. The van der Waals surface area contributed by atoms with Crippen molar-refractivity contribution in [3.63, 3.8) is 0 Å². The van der Waals surface area contributed by atoms with E-state index in [9.17, 15) is 22.4 Å². The van der Waals surface area contributed by atoms with Crippen LogP contribution in [0, 0.1) is 5.82 Å². The lowest BCUT2D eigenvalue weighted by atomic mass is 9.95. The van der Waals surface area contributed by atoms with Gasteiger partial charge in [0.05, 0.1) is 5.56 Å². The number of hydrogen-bond donors (Lipinski definition) is 1. The number of anilines is 1. The Kier molecular flexibility index (Phi) is 5.92. The smallest absolute Gasteiger partial charge is 0.371 e. The Morgan fingerprint density at radius 2 is 1.68 bits per heavy atom. The monoisotopic (exact) mass is 435 g/mol. The molecule has 0 saturated carbocycles. The highest BCUT2D eigenvalue weighted by Gasteiger charge is 2.33. The molecule has 2 saturated heterocycles. The van der Waals surface area contributed by atoms with Gasteiger partial charge >= 0.3 is 6.18 Å². The second-order valence-electron chi connectivity index (χ2n) is 8.25. The molecule has 0 spiro atoms. The number of nitrogens with two attached hydrogens (primary N) is 1. The fourth-order valence-electron chi connectivity index (χ4n) is 4.72. The summed E-state index contributed by atoms with van der Waals surface area (Å²) in [6.45, 7) is 3.42. The first-order valence-electron chi connectivity index (χ1n) is 10.5. The third-order valence-corrected chi connectivity index (χ3v) is 6.30. The number of halogens is 4. The highest BCUT2D eigenvalue weighted by molar-refractivity contribution is 6.00. The first kappa shape index (κ1) is 21.6. The number of rotatable bonds is 4. The van der Waals surface area contributed by atoms with Crippen molar-refractivity contribution in [2.45, 2.75) is 37.9 Å². The number of carbonyl (C=O) groups excluding carboxylic acids is 1. The Labute approximate surface area is 178 Å². The van der Waals surface area contributed by atoms with E-state index in [1.54, 1.807) is 0 Å². The zero-order chi connectivity index (χ0) is 22.2. The fourth-order valence-corrected chi connectivity index (χ4v) is 4.72. The molecule has 166 valence electrons. The summed E-state index contributed by atoms with van der Waals surface area (Å²) < 4.78 is 55.6. The van der Waals surface area contributed by atoms with Crippen molar-refractivity contribution in [1.29, 1.82) is 0 Å². The van der Waals surface area contributed by atoms with E-state index in [-0.39, 0.29) is 16.7 Å². The molecule has 8 heteroatoms. The minimum atomic E-state index is -4.60. The molecule has 0 atom stereocenters. The Balaban J connectivity index is 1.69. The van der Waals surface area contributed by atoms with Gasteiger partial charge in [0.2, 0.25) is 5.91 Å². The summed E-state index contributed by atoms with van der Waals surface area (Å²) in [6, 6.07) is 7.71. The minimum Gasteiger partial charge on any atom is -0.371 e. The van der Waals surface area contributed by atoms with Gasteiger partial charge in [0.25, 0.3) is 0 Å². The molecule has 4 nitrogen and oxygen atoms in total. The first-order chi connectivity index (χ1) is 14.7. The van der Waals surface area contributed by atoms with E-state index in [0.717, 1.165) is 44.1 Å². The SMILES string of the molecule is NC(=O)c1cccc(F)c1-c1cc(N2CCC(N3CCCC3)CC2)cc(C(F)(F)F)c1. The largest absolute Gasteiger partial charge is 0.416 e. The Bertz CT molecular complexity index is 962. The van der Waals surface area contributed by atoms with Gasteiger partial charge in [0.15, 0.2) is 0 Å². The summed E-state index contributed by atoms with van der Waals surface area (Å²) >= 11 is 0. The predicted molar refractivity (Wildman–Crippen MR) is 111 cm³/mol. The number of primary amides is 1. The lowest BCUT2D eigenvalue weighted by Gasteiger charge is -2.38. The summed E-state index contributed by atoms with van der Waals surface area (Å²) in [5, 5.41) is 0. The molecular weight excluding hydrogens is 410 g/mol. The van der Waals surface area contributed by atoms with Gasteiger partial charge in [-0.25, -0.2) is 4.39 Å². The van der Waals surface area contributed by atoms with Crippen LogP contribution in [0.4, 0.5) is 23.2 Å². The molecule has 0 unspecified atom stereocenters. The molecule has 2 aliphatic heterocycles. The zero-order valence-corrected chi connectivity index (χ0v) is 17.1. The molecule has 2 N–H and O–H groups in total. The van der Waals surface area contributed by atoms with E-state index in [4.69, 9.17) is 5.73 Å². The van der Waals surface area contributed by atoms with Crippen LogP contribution in [0.25, 0.3) is 11.1 Å². The van der Waals surface area contributed by atoms with Gasteiger partial charge in [0.1, 0.15) is 5.82 Å². The van der Waals surface area contributed by atoms with Crippen LogP contribution in [0.5, 0.6) is 0 Å². The van der Waals surface area contributed by atoms with Crippen molar-refractivity contribution in [2.24, 2.45) is 5.73 Å². The molecule has 2 aromatic rings. The highest BCUT2D eigenvalue weighted by atomic mass is 19.4. The standard InChI is InChI=1S/C23H25F4N3O/c24-20-5-3-4-19(22(28)31)21(20)15-12-16(23(25,26)27)14-18(13-15)30-10-6-17(7-11-30)29-8-1-2-9-29/h3-5,12-14,17H,1-2,6-11H2,(H2,28,31). The number of hydrogen-bond acceptors (Lipinski definition) is 3. The van der Waals surface area contributed by atoms with E-state index < -0.39 is 23.5 Å². The minimum absolute atomic E-state index is 0.00149. The second-order valence-corrected chi connectivity index (χ2v) is 8.25. The molecule has 2 fully saturated rings. The Morgan fingerprint density at radius 1 is 1.00 bits per heavy atom. The van der Waals surface area contributed by atoms with E-state index in [2.05, 4.69) is 4.90 Å². The quantitative estimate of drug-likeness (QED) is 0.710. The molecule has 4 rings (SSSR count). The molecule has 0 bridgehead atoms. The third kappa shape index (κ3) is 4.54. The summed E-state index contributed by atoms with van der Waals surface area (Å²) in [5.74, 6) is -1.67. The van der Waals surface area contributed by atoms with Crippen LogP contribution in [0.15, 0.2) is 36.4 Å². The number of carbonyl (C=O) groups is 1. The second kappa shape index (κ2) is 8.49. The van der Waals surface area contributed by atoms with Crippen molar-refractivity contribution in [2.75, 3.05) is 31.1 Å². The number of nitrogens with zero attached hydrogens (tertiary/aromatic N) is 2. The van der Waals surface area contributed by atoms with Crippen LogP contribution < -0.4 is 10.6 Å². The summed E-state index contributed by atoms with van der Waals surface area (Å²) in [4.78, 5) is 16.2. The average Bonchev–Trinajstić information content (AvgIpc) is 3.27. The molecule has 1 amide bonds. The average molecular weight is 435 g/mol.